The minimum atomic E-state index is 0.0613. The summed E-state index contributed by atoms with van der Waals surface area (Å²) in [5, 5.41) is 3.22. The molecule has 2 aromatic rings. The largest absolute Gasteiger partial charge is 0.309 e. The summed E-state index contributed by atoms with van der Waals surface area (Å²) in [6.45, 7) is 0. The highest BCUT2D eigenvalue weighted by atomic mass is 79.9. The fraction of sp³-hybridized carbons (Fsp3) is 0.182. The summed E-state index contributed by atoms with van der Waals surface area (Å²) < 4.78 is 0.960. The zero-order chi connectivity index (χ0) is 11.4. The number of nitrogens with one attached hydrogen (secondary N) is 1. The number of pyridine rings is 1. The Morgan fingerprint density at radius 2 is 1.75 bits per heavy atom. The minimum Gasteiger partial charge on any atom is -0.309 e. The van der Waals surface area contributed by atoms with Crippen molar-refractivity contribution in [3.05, 3.63) is 52.8 Å². The van der Waals surface area contributed by atoms with Gasteiger partial charge in [-0.3, -0.25) is 4.98 Å². The van der Waals surface area contributed by atoms with Crippen molar-refractivity contribution < 1.29 is 0 Å². The Labute approximate surface area is 102 Å². The second kappa shape index (κ2) is 5.14. The van der Waals surface area contributed by atoms with Gasteiger partial charge in [0.2, 0.25) is 0 Å². The van der Waals surface area contributed by atoms with Crippen LogP contribution in [-0.4, -0.2) is 22.0 Å². The van der Waals surface area contributed by atoms with Gasteiger partial charge in [-0.05, 0) is 34.6 Å². The van der Waals surface area contributed by atoms with Crippen LogP contribution in [0.2, 0.25) is 0 Å². The van der Waals surface area contributed by atoms with Gasteiger partial charge < -0.3 is 5.32 Å². The fourth-order valence-electron chi connectivity index (χ4n) is 1.57. The predicted molar refractivity (Wildman–Crippen MR) is 64.9 cm³/mol. The Balaban J connectivity index is 2.37. The molecule has 0 spiro atoms. The summed E-state index contributed by atoms with van der Waals surface area (Å²) in [6.07, 6.45) is 8.72. The first-order valence-corrected chi connectivity index (χ1v) is 5.63. The van der Waals surface area contributed by atoms with Crippen LogP contribution in [0.15, 0.2) is 41.7 Å². The van der Waals surface area contributed by atoms with E-state index in [1.165, 1.54) is 6.33 Å². The minimum absolute atomic E-state index is 0.0613. The Hall–Kier alpha value is -1.33. The third-order valence-electron chi connectivity index (χ3n) is 2.26. The van der Waals surface area contributed by atoms with E-state index < -0.39 is 0 Å². The van der Waals surface area contributed by atoms with E-state index in [-0.39, 0.29) is 6.04 Å². The molecule has 1 atom stereocenters. The molecule has 1 N–H and O–H groups in total. The lowest BCUT2D eigenvalue weighted by molar-refractivity contribution is 0.681. The molecule has 0 saturated carbocycles. The van der Waals surface area contributed by atoms with E-state index in [4.69, 9.17) is 0 Å². The Bertz CT molecular complexity index is 461. The molecule has 0 aromatic carbocycles. The second-order valence-corrected chi connectivity index (χ2v) is 4.25. The van der Waals surface area contributed by atoms with Crippen molar-refractivity contribution in [1.82, 2.24) is 20.3 Å². The van der Waals surface area contributed by atoms with Crippen molar-refractivity contribution in [3.63, 3.8) is 0 Å². The second-order valence-electron chi connectivity index (χ2n) is 3.33. The van der Waals surface area contributed by atoms with Gasteiger partial charge in [0.15, 0.2) is 0 Å². The zero-order valence-electron chi connectivity index (χ0n) is 8.76. The SMILES string of the molecule is CNC(c1cncnc1)c1cncc(Br)c1. The third kappa shape index (κ3) is 2.43. The summed E-state index contributed by atoms with van der Waals surface area (Å²) in [5.41, 5.74) is 2.09. The van der Waals surface area contributed by atoms with Crippen LogP contribution in [0.5, 0.6) is 0 Å². The molecule has 0 aliphatic carbocycles. The number of hydrogen-bond donors (Lipinski definition) is 1. The van der Waals surface area contributed by atoms with Gasteiger partial charge in [-0.1, -0.05) is 0 Å². The topological polar surface area (TPSA) is 50.7 Å². The fourth-order valence-corrected chi connectivity index (χ4v) is 1.95. The maximum absolute atomic E-state index is 4.15. The van der Waals surface area contributed by atoms with Gasteiger partial charge in [-0.25, -0.2) is 9.97 Å². The van der Waals surface area contributed by atoms with Gasteiger partial charge >= 0.3 is 0 Å². The summed E-state index contributed by atoms with van der Waals surface area (Å²) in [4.78, 5) is 12.2. The molecule has 0 aliphatic heterocycles. The van der Waals surface area contributed by atoms with E-state index in [1.54, 1.807) is 18.6 Å². The van der Waals surface area contributed by atoms with Crippen LogP contribution < -0.4 is 5.32 Å². The summed E-state index contributed by atoms with van der Waals surface area (Å²) >= 11 is 3.41. The molecule has 2 rings (SSSR count). The van der Waals surface area contributed by atoms with Gasteiger partial charge in [0.1, 0.15) is 6.33 Å². The average Bonchev–Trinajstić information content (AvgIpc) is 2.31. The van der Waals surface area contributed by atoms with E-state index >= 15 is 0 Å². The van der Waals surface area contributed by atoms with Crippen molar-refractivity contribution in [3.8, 4) is 0 Å². The van der Waals surface area contributed by atoms with Gasteiger partial charge in [0.25, 0.3) is 0 Å². The Morgan fingerprint density at radius 1 is 1.06 bits per heavy atom. The molecule has 0 bridgehead atoms. The maximum atomic E-state index is 4.15. The molecular weight excluding hydrogens is 268 g/mol. The van der Waals surface area contributed by atoms with Crippen molar-refractivity contribution >= 4 is 15.9 Å². The van der Waals surface area contributed by atoms with E-state index in [2.05, 4.69) is 36.2 Å². The third-order valence-corrected chi connectivity index (χ3v) is 2.70. The summed E-state index contributed by atoms with van der Waals surface area (Å²) in [5.74, 6) is 0. The number of rotatable bonds is 3. The molecule has 1 unspecified atom stereocenters. The highest BCUT2D eigenvalue weighted by molar-refractivity contribution is 9.10. The lowest BCUT2D eigenvalue weighted by Crippen LogP contribution is -2.18. The van der Waals surface area contributed by atoms with Crippen LogP contribution in [0.4, 0.5) is 0 Å². The molecule has 0 radical (unpaired) electrons. The van der Waals surface area contributed by atoms with Crippen LogP contribution >= 0.6 is 15.9 Å². The molecule has 2 aromatic heterocycles. The van der Waals surface area contributed by atoms with E-state index in [1.807, 2.05) is 19.3 Å². The normalized spacial score (nSPS) is 12.4. The molecule has 16 heavy (non-hydrogen) atoms. The molecular formula is C11H11BrN4. The summed E-state index contributed by atoms with van der Waals surface area (Å²) in [7, 11) is 1.90. The first-order chi connectivity index (χ1) is 7.81. The quantitative estimate of drug-likeness (QED) is 0.933. The van der Waals surface area contributed by atoms with Crippen molar-refractivity contribution in [2.24, 2.45) is 0 Å². The van der Waals surface area contributed by atoms with Gasteiger partial charge in [0, 0.05) is 34.8 Å². The molecule has 4 nitrogen and oxygen atoms in total. The van der Waals surface area contributed by atoms with Gasteiger partial charge in [0.05, 0.1) is 6.04 Å². The van der Waals surface area contributed by atoms with Crippen molar-refractivity contribution in [2.45, 2.75) is 6.04 Å². The van der Waals surface area contributed by atoms with Crippen LogP contribution in [0.1, 0.15) is 17.2 Å². The monoisotopic (exact) mass is 278 g/mol. The molecule has 82 valence electrons. The molecule has 0 saturated heterocycles. The van der Waals surface area contributed by atoms with E-state index in [0.717, 1.165) is 15.6 Å². The number of aromatic nitrogens is 3. The Kier molecular flexibility index (Phi) is 3.58. The van der Waals surface area contributed by atoms with Crippen molar-refractivity contribution in [1.29, 1.82) is 0 Å². The standard InChI is InChI=1S/C11H11BrN4/c1-13-11(9-4-15-7-16-5-9)8-2-10(12)6-14-3-8/h2-7,11,13H,1H3. The lowest BCUT2D eigenvalue weighted by atomic mass is 10.0. The van der Waals surface area contributed by atoms with Crippen LogP contribution in [0.25, 0.3) is 0 Å². The van der Waals surface area contributed by atoms with Gasteiger partial charge in [-0.15, -0.1) is 0 Å². The molecule has 5 heteroatoms. The van der Waals surface area contributed by atoms with Crippen LogP contribution in [0, 0.1) is 0 Å². The van der Waals surface area contributed by atoms with E-state index in [9.17, 15) is 0 Å². The molecule has 0 aliphatic rings. The molecule has 0 fully saturated rings. The first kappa shape index (κ1) is 11.2. The zero-order valence-corrected chi connectivity index (χ0v) is 10.3. The van der Waals surface area contributed by atoms with Gasteiger partial charge in [-0.2, -0.15) is 0 Å². The maximum Gasteiger partial charge on any atom is 0.115 e. The highest BCUT2D eigenvalue weighted by Crippen LogP contribution is 2.21. The van der Waals surface area contributed by atoms with Crippen LogP contribution in [-0.2, 0) is 0 Å². The number of nitrogens with zero attached hydrogens (tertiary/aromatic N) is 3. The highest BCUT2D eigenvalue weighted by Gasteiger charge is 2.12. The predicted octanol–water partition coefficient (Wildman–Crippen LogP) is 1.94. The molecule has 0 amide bonds. The summed E-state index contributed by atoms with van der Waals surface area (Å²) in [6, 6.07) is 2.09. The number of halogens is 1. The lowest BCUT2D eigenvalue weighted by Gasteiger charge is -2.15. The van der Waals surface area contributed by atoms with Crippen molar-refractivity contribution in [2.75, 3.05) is 7.05 Å². The average molecular weight is 279 g/mol. The van der Waals surface area contributed by atoms with Crippen LogP contribution in [0.3, 0.4) is 0 Å². The number of hydrogen-bond acceptors (Lipinski definition) is 4. The molecule has 2 heterocycles. The Morgan fingerprint density at radius 3 is 2.38 bits per heavy atom. The van der Waals surface area contributed by atoms with E-state index in [0.29, 0.717) is 0 Å². The first-order valence-electron chi connectivity index (χ1n) is 4.84. The smallest absolute Gasteiger partial charge is 0.115 e.